The molecular weight excluding hydrogens is 384 g/mol. The molecule has 0 unspecified atom stereocenters. The number of rotatable bonds is 11. The number of carbonyl (C=O) groups excluding carboxylic acids is 1. The average Bonchev–Trinajstić information content (AvgIpc) is 3.20. The Balaban J connectivity index is 1.76. The monoisotopic (exact) mass is 416 g/mol. The molecule has 1 aromatic rings. The van der Waals surface area contributed by atoms with E-state index in [4.69, 9.17) is 23.7 Å². The van der Waals surface area contributed by atoms with Gasteiger partial charge in [-0.05, 0) is 38.7 Å². The first-order valence-electron chi connectivity index (χ1n) is 10.5. The molecule has 2 fully saturated rings. The van der Waals surface area contributed by atoms with Crippen molar-refractivity contribution in [2.75, 3.05) is 0 Å². The molecule has 2 saturated heterocycles. The van der Waals surface area contributed by atoms with E-state index in [-0.39, 0.29) is 12.4 Å². The lowest BCUT2D eigenvalue weighted by Gasteiger charge is -2.30. The van der Waals surface area contributed by atoms with Crippen LogP contribution in [0.15, 0.2) is 55.6 Å². The van der Waals surface area contributed by atoms with Crippen LogP contribution in [0.4, 0.5) is 0 Å². The summed E-state index contributed by atoms with van der Waals surface area (Å²) in [5.74, 6) is -1.04. The molecule has 0 aliphatic carbocycles. The first kappa shape index (κ1) is 22.7. The predicted molar refractivity (Wildman–Crippen MR) is 112 cm³/mol. The number of fused-ring (bicyclic) bond motifs is 1. The second-order valence-electron chi connectivity index (χ2n) is 8.05. The molecule has 0 bridgehead atoms. The van der Waals surface area contributed by atoms with Gasteiger partial charge in [0.15, 0.2) is 12.1 Å². The minimum atomic E-state index is -0.758. The molecule has 3 rings (SSSR count). The third-order valence-corrected chi connectivity index (χ3v) is 5.17. The summed E-state index contributed by atoms with van der Waals surface area (Å²) in [4.78, 5) is 12.3. The van der Waals surface area contributed by atoms with Crippen molar-refractivity contribution in [1.29, 1.82) is 0 Å². The van der Waals surface area contributed by atoms with Crippen molar-refractivity contribution in [1.82, 2.24) is 0 Å². The second-order valence-corrected chi connectivity index (χ2v) is 8.05. The zero-order valence-electron chi connectivity index (χ0n) is 17.8. The van der Waals surface area contributed by atoms with Gasteiger partial charge in [-0.1, -0.05) is 42.5 Å². The maximum atomic E-state index is 12.3. The lowest BCUT2D eigenvalue weighted by molar-refractivity contribution is -0.233. The number of ether oxygens (including phenoxy) is 5. The molecule has 2 aliphatic heterocycles. The van der Waals surface area contributed by atoms with E-state index in [0.29, 0.717) is 25.9 Å². The van der Waals surface area contributed by atoms with Crippen molar-refractivity contribution < 1.29 is 28.5 Å². The number of benzene rings is 1. The Labute approximate surface area is 178 Å². The SMILES string of the molecule is C=CCCC(=O)O[C@@H](CCC=C)[C@H]1O[C@@H]2OC(C)(C)O[C@@H]2[C@H]1OCc1ccccc1. The molecule has 2 heterocycles. The van der Waals surface area contributed by atoms with E-state index in [2.05, 4.69) is 13.2 Å². The maximum absolute atomic E-state index is 12.3. The summed E-state index contributed by atoms with van der Waals surface area (Å²) >= 11 is 0. The van der Waals surface area contributed by atoms with Crippen LogP contribution in [-0.2, 0) is 35.1 Å². The molecule has 0 amide bonds. The van der Waals surface area contributed by atoms with Crippen LogP contribution in [0.1, 0.15) is 45.1 Å². The summed E-state index contributed by atoms with van der Waals surface area (Å²) in [6, 6.07) is 9.91. The van der Waals surface area contributed by atoms with Gasteiger partial charge < -0.3 is 23.7 Å². The van der Waals surface area contributed by atoms with Gasteiger partial charge in [0, 0.05) is 6.42 Å². The second kappa shape index (κ2) is 10.4. The highest BCUT2D eigenvalue weighted by atomic mass is 16.8. The Bertz CT molecular complexity index is 716. The van der Waals surface area contributed by atoms with Crippen molar-refractivity contribution in [2.45, 2.75) is 82.6 Å². The van der Waals surface area contributed by atoms with Gasteiger partial charge in [0.1, 0.15) is 24.4 Å². The average molecular weight is 417 g/mol. The van der Waals surface area contributed by atoms with Crippen molar-refractivity contribution >= 4 is 5.97 Å². The van der Waals surface area contributed by atoms with Gasteiger partial charge in [0.2, 0.25) is 0 Å². The van der Waals surface area contributed by atoms with Crippen LogP contribution in [0, 0.1) is 0 Å². The van der Waals surface area contributed by atoms with Gasteiger partial charge in [-0.2, -0.15) is 0 Å². The summed E-state index contributed by atoms with van der Waals surface area (Å²) in [6.45, 7) is 11.5. The molecule has 2 aliphatic rings. The van der Waals surface area contributed by atoms with Crippen LogP contribution in [0.25, 0.3) is 0 Å². The fourth-order valence-electron chi connectivity index (χ4n) is 3.78. The summed E-state index contributed by atoms with van der Waals surface area (Å²) in [7, 11) is 0. The summed E-state index contributed by atoms with van der Waals surface area (Å²) in [5, 5.41) is 0. The fraction of sp³-hybridized carbons (Fsp3) is 0.542. The molecule has 164 valence electrons. The van der Waals surface area contributed by atoms with E-state index in [1.165, 1.54) is 0 Å². The number of allylic oxidation sites excluding steroid dienone is 2. The van der Waals surface area contributed by atoms with Crippen molar-refractivity contribution in [3.05, 3.63) is 61.2 Å². The van der Waals surface area contributed by atoms with Gasteiger partial charge >= 0.3 is 5.97 Å². The Morgan fingerprint density at radius 2 is 1.90 bits per heavy atom. The van der Waals surface area contributed by atoms with E-state index in [1.807, 2.05) is 44.2 Å². The maximum Gasteiger partial charge on any atom is 0.306 e. The van der Waals surface area contributed by atoms with Crippen molar-refractivity contribution in [3.8, 4) is 0 Å². The standard InChI is InChI=1S/C24H32O6/c1-5-7-14-18(27-19(25)15-8-6-2)20-21(26-16-17-12-10-9-11-13-17)22-23(28-20)30-24(3,4)29-22/h5-6,9-13,18,20-23H,1-2,7-8,14-16H2,3-4H3/t18-,20+,21-,22+,23+/m0/s1. The van der Waals surface area contributed by atoms with Crippen LogP contribution in [0.2, 0.25) is 0 Å². The van der Waals surface area contributed by atoms with Crippen LogP contribution >= 0.6 is 0 Å². The first-order valence-corrected chi connectivity index (χ1v) is 10.5. The van der Waals surface area contributed by atoms with Crippen LogP contribution in [0.3, 0.4) is 0 Å². The Morgan fingerprint density at radius 1 is 1.17 bits per heavy atom. The molecule has 6 heteroatoms. The topological polar surface area (TPSA) is 63.2 Å². The zero-order valence-corrected chi connectivity index (χ0v) is 17.8. The van der Waals surface area contributed by atoms with E-state index >= 15 is 0 Å². The van der Waals surface area contributed by atoms with Crippen molar-refractivity contribution in [2.24, 2.45) is 0 Å². The summed E-state index contributed by atoms with van der Waals surface area (Å²) < 4.78 is 30.2. The molecule has 0 aromatic heterocycles. The zero-order chi connectivity index (χ0) is 21.6. The predicted octanol–water partition coefficient (Wildman–Crippen LogP) is 4.29. The third-order valence-electron chi connectivity index (χ3n) is 5.17. The molecule has 0 saturated carbocycles. The minimum absolute atomic E-state index is 0.281. The Morgan fingerprint density at radius 3 is 2.60 bits per heavy atom. The fourth-order valence-corrected chi connectivity index (χ4v) is 3.78. The summed E-state index contributed by atoms with van der Waals surface area (Å²) in [6.07, 6.45) is 3.25. The smallest absolute Gasteiger partial charge is 0.306 e. The number of carbonyl (C=O) groups is 1. The van der Waals surface area contributed by atoms with Gasteiger partial charge in [-0.15, -0.1) is 13.2 Å². The van der Waals surface area contributed by atoms with Crippen LogP contribution in [0.5, 0.6) is 0 Å². The molecule has 30 heavy (non-hydrogen) atoms. The van der Waals surface area contributed by atoms with E-state index in [0.717, 1.165) is 5.56 Å². The van der Waals surface area contributed by atoms with Gasteiger partial charge in [0.05, 0.1) is 6.61 Å². The normalized spacial score (nSPS) is 27.9. The first-order chi connectivity index (χ1) is 14.4. The number of hydrogen-bond donors (Lipinski definition) is 0. The van der Waals surface area contributed by atoms with E-state index in [1.54, 1.807) is 12.2 Å². The molecule has 6 nitrogen and oxygen atoms in total. The van der Waals surface area contributed by atoms with Crippen LogP contribution < -0.4 is 0 Å². The quantitative estimate of drug-likeness (QED) is 0.396. The Hall–Kier alpha value is -1.99. The molecule has 0 radical (unpaired) electrons. The summed E-state index contributed by atoms with van der Waals surface area (Å²) in [5.41, 5.74) is 1.04. The van der Waals surface area contributed by atoms with Gasteiger partial charge in [-0.3, -0.25) is 4.79 Å². The Kier molecular flexibility index (Phi) is 7.83. The molecular formula is C24H32O6. The lowest BCUT2D eigenvalue weighted by atomic mass is 10.0. The highest BCUT2D eigenvalue weighted by molar-refractivity contribution is 5.69. The van der Waals surface area contributed by atoms with Gasteiger partial charge in [0.25, 0.3) is 0 Å². The number of hydrogen-bond acceptors (Lipinski definition) is 6. The van der Waals surface area contributed by atoms with Gasteiger partial charge in [-0.25, -0.2) is 0 Å². The third kappa shape index (κ3) is 5.79. The molecule has 0 N–H and O–H groups in total. The molecule has 1 aromatic carbocycles. The van der Waals surface area contributed by atoms with E-state index in [9.17, 15) is 4.79 Å². The highest BCUT2D eigenvalue weighted by Gasteiger charge is 2.57. The molecule has 5 atom stereocenters. The highest BCUT2D eigenvalue weighted by Crippen LogP contribution is 2.41. The van der Waals surface area contributed by atoms with E-state index < -0.39 is 36.5 Å². The number of esters is 1. The minimum Gasteiger partial charge on any atom is -0.459 e. The van der Waals surface area contributed by atoms with Crippen LogP contribution in [-0.4, -0.2) is 42.5 Å². The van der Waals surface area contributed by atoms with Crippen molar-refractivity contribution in [3.63, 3.8) is 0 Å². The molecule has 0 spiro atoms. The largest absolute Gasteiger partial charge is 0.459 e. The lowest BCUT2D eigenvalue weighted by Crippen LogP contribution is -2.44.